The van der Waals surface area contributed by atoms with Crippen LogP contribution in [0.2, 0.25) is 0 Å². The largest absolute Gasteiger partial charge is 0.296 e. The number of piperazine rings is 1. The van der Waals surface area contributed by atoms with Crippen LogP contribution in [0.1, 0.15) is 16.3 Å². The summed E-state index contributed by atoms with van der Waals surface area (Å²) >= 11 is 1.72. The number of hydrogen-bond acceptors (Lipinski definition) is 5. The molecule has 0 aliphatic carbocycles. The van der Waals surface area contributed by atoms with Gasteiger partial charge in [-0.1, -0.05) is 6.07 Å². The summed E-state index contributed by atoms with van der Waals surface area (Å²) in [5.74, 6) is -0.244. The van der Waals surface area contributed by atoms with Crippen molar-refractivity contribution in [2.45, 2.75) is 20.0 Å². The third-order valence-electron chi connectivity index (χ3n) is 4.63. The van der Waals surface area contributed by atoms with Crippen molar-refractivity contribution in [1.82, 2.24) is 24.6 Å². The Hall–Kier alpha value is -2.09. The SMILES string of the molecule is Cc1nc(CN2CCN(Cc3cnn(-c4cccc(F)c4)c3)CC2)cs1. The topological polar surface area (TPSA) is 37.2 Å². The van der Waals surface area contributed by atoms with Crippen molar-refractivity contribution in [2.24, 2.45) is 0 Å². The summed E-state index contributed by atoms with van der Waals surface area (Å²) in [7, 11) is 0. The highest BCUT2D eigenvalue weighted by atomic mass is 32.1. The lowest BCUT2D eigenvalue weighted by Gasteiger charge is -2.34. The number of aromatic nitrogens is 3. The normalized spacial score (nSPS) is 16.2. The lowest BCUT2D eigenvalue weighted by atomic mass is 10.2. The van der Waals surface area contributed by atoms with Crippen LogP contribution >= 0.6 is 11.3 Å². The van der Waals surface area contributed by atoms with Crippen molar-refractivity contribution in [2.75, 3.05) is 26.2 Å². The first-order valence-corrected chi connectivity index (χ1v) is 9.69. The van der Waals surface area contributed by atoms with Gasteiger partial charge in [-0.25, -0.2) is 14.1 Å². The van der Waals surface area contributed by atoms with Crippen LogP contribution in [0.3, 0.4) is 0 Å². The highest BCUT2D eigenvalue weighted by Gasteiger charge is 2.18. The van der Waals surface area contributed by atoms with E-state index in [1.54, 1.807) is 22.1 Å². The van der Waals surface area contributed by atoms with Gasteiger partial charge in [0.1, 0.15) is 5.82 Å². The molecule has 2 aromatic heterocycles. The van der Waals surface area contributed by atoms with Crippen LogP contribution in [0.25, 0.3) is 5.69 Å². The Morgan fingerprint density at radius 1 is 1.12 bits per heavy atom. The zero-order valence-corrected chi connectivity index (χ0v) is 15.6. The average Bonchev–Trinajstić information content (AvgIpc) is 3.26. The number of benzene rings is 1. The molecule has 1 fully saturated rings. The van der Waals surface area contributed by atoms with Gasteiger partial charge in [0.2, 0.25) is 0 Å². The first kappa shape index (κ1) is 17.3. The average molecular weight is 371 g/mol. The Morgan fingerprint density at radius 2 is 1.88 bits per heavy atom. The van der Waals surface area contributed by atoms with Gasteiger partial charge in [0.05, 0.1) is 22.6 Å². The summed E-state index contributed by atoms with van der Waals surface area (Å²) < 4.78 is 15.1. The number of rotatable bonds is 5. The highest BCUT2D eigenvalue weighted by molar-refractivity contribution is 7.09. The third-order valence-corrected chi connectivity index (χ3v) is 5.45. The fourth-order valence-electron chi connectivity index (χ4n) is 3.28. The van der Waals surface area contributed by atoms with Crippen molar-refractivity contribution >= 4 is 11.3 Å². The van der Waals surface area contributed by atoms with Crippen LogP contribution in [0.5, 0.6) is 0 Å². The molecule has 0 N–H and O–H groups in total. The molecular formula is C19H22FN5S. The van der Waals surface area contributed by atoms with Gasteiger partial charge in [-0.2, -0.15) is 5.10 Å². The summed E-state index contributed by atoms with van der Waals surface area (Å²) in [4.78, 5) is 9.45. The Kier molecular flexibility index (Phi) is 5.10. The molecule has 7 heteroatoms. The van der Waals surface area contributed by atoms with Gasteiger partial charge in [0.25, 0.3) is 0 Å². The van der Waals surface area contributed by atoms with Gasteiger partial charge < -0.3 is 0 Å². The molecule has 136 valence electrons. The number of hydrogen-bond donors (Lipinski definition) is 0. The molecule has 4 rings (SSSR count). The summed E-state index contributed by atoms with van der Waals surface area (Å²) in [6.45, 7) is 8.04. The molecule has 26 heavy (non-hydrogen) atoms. The zero-order chi connectivity index (χ0) is 17.9. The predicted octanol–water partition coefficient (Wildman–Crippen LogP) is 3.09. The first-order chi connectivity index (χ1) is 12.7. The van der Waals surface area contributed by atoms with Gasteiger partial charge in [-0.05, 0) is 25.1 Å². The Morgan fingerprint density at radius 3 is 2.58 bits per heavy atom. The quantitative estimate of drug-likeness (QED) is 0.691. The van der Waals surface area contributed by atoms with Crippen LogP contribution in [-0.2, 0) is 13.1 Å². The molecule has 0 spiro atoms. The van der Waals surface area contributed by atoms with E-state index in [0.717, 1.165) is 55.5 Å². The second-order valence-corrected chi connectivity index (χ2v) is 7.75. The number of nitrogens with zero attached hydrogens (tertiary/aromatic N) is 5. The molecule has 0 radical (unpaired) electrons. The van der Waals surface area contributed by atoms with Crippen molar-refractivity contribution < 1.29 is 4.39 Å². The van der Waals surface area contributed by atoms with Crippen molar-refractivity contribution in [3.63, 3.8) is 0 Å². The van der Waals surface area contributed by atoms with Gasteiger partial charge in [0.15, 0.2) is 0 Å². The molecule has 0 bridgehead atoms. The molecule has 0 saturated carbocycles. The fourth-order valence-corrected chi connectivity index (χ4v) is 3.88. The molecule has 3 heterocycles. The highest BCUT2D eigenvalue weighted by Crippen LogP contribution is 2.15. The summed E-state index contributed by atoms with van der Waals surface area (Å²) in [5, 5.41) is 7.66. The van der Waals surface area contributed by atoms with Crippen LogP contribution in [-0.4, -0.2) is 50.7 Å². The molecule has 1 aliphatic rings. The van der Waals surface area contributed by atoms with Gasteiger partial charge in [0, 0.05) is 56.4 Å². The van der Waals surface area contributed by atoms with E-state index in [4.69, 9.17) is 0 Å². The second-order valence-electron chi connectivity index (χ2n) is 6.68. The fraction of sp³-hybridized carbons (Fsp3) is 0.368. The molecule has 5 nitrogen and oxygen atoms in total. The predicted molar refractivity (Wildman–Crippen MR) is 101 cm³/mol. The maximum Gasteiger partial charge on any atom is 0.125 e. The van der Waals surface area contributed by atoms with Crippen molar-refractivity contribution in [3.05, 3.63) is 64.1 Å². The maximum atomic E-state index is 13.4. The maximum absolute atomic E-state index is 13.4. The minimum Gasteiger partial charge on any atom is -0.296 e. The molecular weight excluding hydrogens is 349 g/mol. The monoisotopic (exact) mass is 371 g/mol. The van der Waals surface area contributed by atoms with E-state index in [-0.39, 0.29) is 5.82 Å². The van der Waals surface area contributed by atoms with Crippen molar-refractivity contribution in [1.29, 1.82) is 0 Å². The summed E-state index contributed by atoms with van der Waals surface area (Å²) in [6.07, 6.45) is 3.86. The van der Waals surface area contributed by atoms with E-state index in [0.29, 0.717) is 0 Å². The third kappa shape index (κ3) is 4.17. The molecule has 0 unspecified atom stereocenters. The van der Waals surface area contributed by atoms with Crippen molar-refractivity contribution in [3.8, 4) is 5.69 Å². The van der Waals surface area contributed by atoms with Crippen LogP contribution in [0.4, 0.5) is 4.39 Å². The zero-order valence-electron chi connectivity index (χ0n) is 14.8. The van der Waals surface area contributed by atoms with E-state index >= 15 is 0 Å². The lowest BCUT2D eigenvalue weighted by molar-refractivity contribution is 0.121. The van der Waals surface area contributed by atoms with E-state index < -0.39 is 0 Å². The van der Waals surface area contributed by atoms with Crippen LogP contribution in [0.15, 0.2) is 42.0 Å². The standard InChI is InChI=1S/C19H22FN5S/c1-15-22-18(14-26-15)13-24-7-5-23(6-8-24)11-16-10-21-25(12-16)19-4-2-3-17(20)9-19/h2-4,9-10,12,14H,5-8,11,13H2,1H3. The summed E-state index contributed by atoms with van der Waals surface area (Å²) in [6, 6.07) is 6.50. The Balaban J connectivity index is 1.30. The Labute approximate surface area is 156 Å². The molecule has 1 saturated heterocycles. The minimum absolute atomic E-state index is 0.244. The molecule has 0 atom stereocenters. The molecule has 1 aliphatic heterocycles. The van der Waals surface area contributed by atoms with E-state index in [2.05, 4.69) is 32.2 Å². The molecule has 0 amide bonds. The van der Waals surface area contributed by atoms with E-state index in [1.165, 1.54) is 17.8 Å². The first-order valence-electron chi connectivity index (χ1n) is 8.81. The smallest absolute Gasteiger partial charge is 0.125 e. The molecule has 3 aromatic rings. The van der Waals surface area contributed by atoms with Gasteiger partial charge in [-0.15, -0.1) is 11.3 Å². The Bertz CT molecular complexity index is 866. The van der Waals surface area contributed by atoms with Gasteiger partial charge >= 0.3 is 0 Å². The lowest BCUT2D eigenvalue weighted by Crippen LogP contribution is -2.45. The number of aryl methyl sites for hydroxylation is 1. The van der Waals surface area contributed by atoms with Crippen LogP contribution < -0.4 is 0 Å². The number of thiazole rings is 1. The second kappa shape index (κ2) is 7.65. The van der Waals surface area contributed by atoms with E-state index in [1.807, 2.05) is 18.5 Å². The van der Waals surface area contributed by atoms with Gasteiger partial charge in [-0.3, -0.25) is 9.80 Å². The van der Waals surface area contributed by atoms with Crippen LogP contribution in [0, 0.1) is 12.7 Å². The van der Waals surface area contributed by atoms with E-state index in [9.17, 15) is 4.39 Å². The summed E-state index contributed by atoms with van der Waals surface area (Å²) in [5.41, 5.74) is 3.08. The minimum atomic E-state index is -0.244. The number of halogens is 1. The molecule has 1 aromatic carbocycles.